The summed E-state index contributed by atoms with van der Waals surface area (Å²) in [5.74, 6) is -0.276. The highest BCUT2D eigenvalue weighted by atomic mass is 35.5. The molecular formula is C15H23ClO3. The number of carbonyl (C=O) groups excluding carboxylic acids is 2. The summed E-state index contributed by atoms with van der Waals surface area (Å²) in [6, 6.07) is 0. The maximum atomic E-state index is 12.5. The number of carbonyl (C=O) groups is 2. The van der Waals surface area contributed by atoms with Crippen LogP contribution in [0.4, 0.5) is 0 Å². The molecule has 19 heavy (non-hydrogen) atoms. The van der Waals surface area contributed by atoms with Crippen LogP contribution in [0.15, 0.2) is 0 Å². The van der Waals surface area contributed by atoms with Crippen molar-refractivity contribution >= 4 is 23.4 Å². The van der Waals surface area contributed by atoms with Crippen LogP contribution in [-0.2, 0) is 14.3 Å². The van der Waals surface area contributed by atoms with Gasteiger partial charge in [-0.3, -0.25) is 4.79 Å². The first-order chi connectivity index (χ1) is 8.75. The lowest BCUT2D eigenvalue weighted by molar-refractivity contribution is -0.146. The lowest BCUT2D eigenvalue weighted by Gasteiger charge is -2.38. The largest absolute Gasteiger partial charge is 0.465 e. The zero-order valence-electron chi connectivity index (χ0n) is 12.2. The van der Waals surface area contributed by atoms with Gasteiger partial charge >= 0.3 is 5.97 Å². The summed E-state index contributed by atoms with van der Waals surface area (Å²) < 4.78 is 4.86. The standard InChI is InChI=1S/C15H23ClO3/c1-5-19-13(18)11(16)12(17)10-8-9-6-7-15(10,4)14(9,2)3/h9-11H,5-8H2,1-4H3. The Morgan fingerprint density at radius 1 is 1.37 bits per heavy atom. The third kappa shape index (κ3) is 2.01. The van der Waals surface area contributed by atoms with Crippen LogP contribution >= 0.6 is 11.6 Å². The fourth-order valence-electron chi connectivity index (χ4n) is 4.14. The summed E-state index contributed by atoms with van der Waals surface area (Å²) in [6.45, 7) is 8.63. The van der Waals surface area contributed by atoms with Crippen molar-refractivity contribution in [3.8, 4) is 0 Å². The Balaban J connectivity index is 2.16. The van der Waals surface area contributed by atoms with E-state index in [4.69, 9.17) is 16.3 Å². The summed E-state index contributed by atoms with van der Waals surface area (Å²) >= 11 is 6.01. The number of ether oxygens (including phenoxy) is 1. The van der Waals surface area contributed by atoms with Gasteiger partial charge in [-0.05, 0) is 42.9 Å². The maximum absolute atomic E-state index is 12.5. The summed E-state index contributed by atoms with van der Waals surface area (Å²) in [7, 11) is 0. The first kappa shape index (κ1) is 14.8. The molecule has 0 radical (unpaired) electrons. The quantitative estimate of drug-likeness (QED) is 0.453. The van der Waals surface area contributed by atoms with Gasteiger partial charge in [0.05, 0.1) is 6.61 Å². The van der Waals surface area contributed by atoms with Gasteiger partial charge in [0.2, 0.25) is 0 Å². The van der Waals surface area contributed by atoms with Gasteiger partial charge in [0.25, 0.3) is 0 Å². The molecule has 2 bridgehead atoms. The molecule has 2 saturated carbocycles. The minimum atomic E-state index is -1.14. The van der Waals surface area contributed by atoms with Crippen molar-refractivity contribution in [2.75, 3.05) is 6.61 Å². The van der Waals surface area contributed by atoms with E-state index in [0.29, 0.717) is 5.92 Å². The maximum Gasteiger partial charge on any atom is 0.331 e. The van der Waals surface area contributed by atoms with Crippen molar-refractivity contribution in [2.45, 2.75) is 52.3 Å². The van der Waals surface area contributed by atoms with Gasteiger partial charge in [-0.25, -0.2) is 4.79 Å². The van der Waals surface area contributed by atoms with Gasteiger partial charge < -0.3 is 4.74 Å². The Morgan fingerprint density at radius 3 is 2.42 bits per heavy atom. The predicted molar refractivity (Wildman–Crippen MR) is 74.0 cm³/mol. The van der Waals surface area contributed by atoms with E-state index < -0.39 is 11.3 Å². The molecule has 0 N–H and O–H groups in total. The molecule has 2 fully saturated rings. The second kappa shape index (κ2) is 4.76. The highest BCUT2D eigenvalue weighted by Gasteiger charge is 2.63. The number of alkyl halides is 1. The molecule has 0 amide bonds. The molecule has 0 heterocycles. The van der Waals surface area contributed by atoms with E-state index in [2.05, 4.69) is 20.8 Å². The van der Waals surface area contributed by atoms with Gasteiger partial charge in [-0.15, -0.1) is 11.6 Å². The van der Waals surface area contributed by atoms with Crippen molar-refractivity contribution in [3.05, 3.63) is 0 Å². The van der Waals surface area contributed by atoms with Crippen molar-refractivity contribution in [2.24, 2.45) is 22.7 Å². The molecule has 2 aliphatic carbocycles. The van der Waals surface area contributed by atoms with Gasteiger partial charge in [0.15, 0.2) is 11.2 Å². The van der Waals surface area contributed by atoms with E-state index in [1.54, 1.807) is 6.92 Å². The second-order valence-corrected chi connectivity index (χ2v) is 7.12. The molecule has 0 saturated heterocycles. The van der Waals surface area contributed by atoms with Crippen LogP contribution in [0.2, 0.25) is 0 Å². The molecule has 4 unspecified atom stereocenters. The summed E-state index contributed by atoms with van der Waals surface area (Å²) in [6.07, 6.45) is 3.10. The molecule has 0 aliphatic heterocycles. The Kier molecular flexibility index (Phi) is 3.72. The summed E-state index contributed by atoms with van der Waals surface area (Å²) in [4.78, 5) is 24.1. The predicted octanol–water partition coefficient (Wildman–Crippen LogP) is 3.19. The number of esters is 1. The minimum absolute atomic E-state index is 0.0333. The van der Waals surface area contributed by atoms with E-state index in [0.717, 1.165) is 12.8 Å². The molecule has 0 aromatic carbocycles. The second-order valence-electron chi connectivity index (χ2n) is 6.68. The van der Waals surface area contributed by atoms with E-state index in [1.807, 2.05) is 0 Å². The van der Waals surface area contributed by atoms with Crippen LogP contribution in [0.25, 0.3) is 0 Å². The summed E-state index contributed by atoms with van der Waals surface area (Å²) in [5, 5.41) is -1.14. The van der Waals surface area contributed by atoms with Crippen molar-refractivity contribution < 1.29 is 14.3 Å². The molecule has 0 aromatic heterocycles. The Labute approximate surface area is 120 Å². The normalized spacial score (nSPS) is 37.1. The number of ketones is 1. The number of rotatable bonds is 4. The van der Waals surface area contributed by atoms with Crippen LogP contribution in [0.5, 0.6) is 0 Å². The monoisotopic (exact) mass is 286 g/mol. The van der Waals surface area contributed by atoms with Crippen molar-refractivity contribution in [3.63, 3.8) is 0 Å². The molecule has 0 aromatic rings. The molecular weight excluding hydrogens is 264 g/mol. The molecule has 2 rings (SSSR count). The van der Waals surface area contributed by atoms with E-state index in [-0.39, 0.29) is 29.1 Å². The van der Waals surface area contributed by atoms with Crippen LogP contribution < -0.4 is 0 Å². The number of Topliss-reactive ketones (excluding diaryl/α,β-unsaturated/α-hetero) is 1. The number of halogens is 1. The molecule has 2 aliphatic rings. The lowest BCUT2D eigenvalue weighted by Crippen LogP contribution is -2.41. The lowest BCUT2D eigenvalue weighted by atomic mass is 9.65. The zero-order valence-corrected chi connectivity index (χ0v) is 12.9. The Hall–Kier alpha value is -0.570. The fourth-order valence-corrected chi connectivity index (χ4v) is 4.36. The van der Waals surface area contributed by atoms with Gasteiger partial charge in [0, 0.05) is 5.92 Å². The van der Waals surface area contributed by atoms with Crippen molar-refractivity contribution in [1.29, 1.82) is 0 Å². The van der Waals surface area contributed by atoms with E-state index in [1.165, 1.54) is 6.42 Å². The molecule has 108 valence electrons. The smallest absolute Gasteiger partial charge is 0.331 e. The number of fused-ring (bicyclic) bond motifs is 2. The fraction of sp³-hybridized carbons (Fsp3) is 0.867. The first-order valence-corrected chi connectivity index (χ1v) is 7.53. The molecule has 4 atom stereocenters. The van der Waals surface area contributed by atoms with Crippen LogP contribution in [0, 0.1) is 22.7 Å². The van der Waals surface area contributed by atoms with Crippen LogP contribution in [0.1, 0.15) is 47.0 Å². The third-order valence-corrected chi connectivity index (χ3v) is 6.27. The molecule has 4 heteroatoms. The van der Waals surface area contributed by atoms with Crippen LogP contribution in [-0.4, -0.2) is 23.7 Å². The van der Waals surface area contributed by atoms with E-state index in [9.17, 15) is 9.59 Å². The third-order valence-electron chi connectivity index (χ3n) is 5.88. The zero-order chi connectivity index (χ0) is 14.4. The highest BCUT2D eigenvalue weighted by Crippen LogP contribution is 2.68. The number of hydrogen-bond donors (Lipinski definition) is 0. The Bertz CT molecular complexity index is 404. The molecule has 3 nitrogen and oxygen atoms in total. The van der Waals surface area contributed by atoms with Gasteiger partial charge in [-0.2, -0.15) is 0 Å². The first-order valence-electron chi connectivity index (χ1n) is 7.10. The van der Waals surface area contributed by atoms with Crippen molar-refractivity contribution in [1.82, 2.24) is 0 Å². The highest BCUT2D eigenvalue weighted by molar-refractivity contribution is 6.41. The topological polar surface area (TPSA) is 43.4 Å². The Morgan fingerprint density at radius 2 is 2.00 bits per heavy atom. The average molecular weight is 287 g/mol. The molecule has 0 spiro atoms. The summed E-state index contributed by atoms with van der Waals surface area (Å²) in [5.41, 5.74) is 0.118. The average Bonchev–Trinajstić information content (AvgIpc) is 2.69. The van der Waals surface area contributed by atoms with Gasteiger partial charge in [-0.1, -0.05) is 20.8 Å². The minimum Gasteiger partial charge on any atom is -0.465 e. The van der Waals surface area contributed by atoms with Crippen LogP contribution in [0.3, 0.4) is 0 Å². The SMILES string of the molecule is CCOC(=O)C(Cl)C(=O)C1CC2CCC1(C)C2(C)C. The number of hydrogen-bond acceptors (Lipinski definition) is 3. The van der Waals surface area contributed by atoms with E-state index >= 15 is 0 Å². The van der Waals surface area contributed by atoms with Gasteiger partial charge in [0.1, 0.15) is 0 Å².